The molecule has 4 aromatic heterocycles. The first kappa shape index (κ1) is 38.5. The van der Waals surface area contributed by atoms with Crippen molar-refractivity contribution in [2.75, 3.05) is 0 Å². The molecule has 4 heterocycles. The molecule has 0 aliphatic rings. The fraction of sp³-hybridized carbons (Fsp3) is 0.0704. The van der Waals surface area contributed by atoms with Gasteiger partial charge in [0.1, 0.15) is 5.82 Å². The molecule has 378 valence electrons. The maximum absolute atomic E-state index is 9.22. The van der Waals surface area contributed by atoms with E-state index in [1.165, 1.54) is 16.3 Å². The molecule has 0 fully saturated rings. The third-order valence-corrected chi connectivity index (χ3v) is 14.7. The first-order chi connectivity index (χ1) is 42.2. The van der Waals surface area contributed by atoms with Crippen LogP contribution in [0.1, 0.15) is 51.9 Å². The summed E-state index contributed by atoms with van der Waals surface area (Å²) in [4.78, 5) is 5.00. The van der Waals surface area contributed by atoms with Crippen molar-refractivity contribution in [2.24, 2.45) is 0 Å². The standard InChI is InChI=1S/C71H51N5O.Pt/c1-3-48(4-2)53-40-41-72-70(43-53)76-66-39-35-55(75-64-32-16-14-28-60(64)61-29-15-17-33-65(61)75)45-63(66)62-37-36-57(46-68(62)76)77-56-27-18-26-54(44-56)73-47-74(69-42-52(34-38-67(69)73)49-20-8-5-9-21-49)71-58(50-22-10-6-11-23-50)30-19-31-59(71)51-24-12-7-13-25-51;/h5-43,45,48H,3-4H2,1-2H3;/q-2;/i6D,7D,10D,11D,12D,13D,22D,23D,24D,25D;. The van der Waals surface area contributed by atoms with Crippen LogP contribution in [0.2, 0.25) is 0 Å². The Bertz CT molecular complexity index is 4950. The zero-order valence-corrected chi connectivity index (χ0v) is 44.5. The Kier molecular flexibility index (Phi) is 10.1. The molecule has 0 radical (unpaired) electrons. The number of rotatable bonds is 12. The van der Waals surface area contributed by atoms with Crippen LogP contribution in [0.4, 0.5) is 0 Å². The number of para-hydroxylation sites is 3. The second-order valence-corrected chi connectivity index (χ2v) is 19.0. The fourth-order valence-corrected chi connectivity index (χ4v) is 11.1. The molecule has 0 N–H and O–H groups in total. The van der Waals surface area contributed by atoms with E-state index in [9.17, 15) is 5.48 Å². The molecule has 0 spiro atoms. The molecule has 0 amide bonds. The van der Waals surface area contributed by atoms with Gasteiger partial charge in [0, 0.05) is 60.7 Å². The quantitative estimate of drug-likeness (QED) is 0.0903. The maximum Gasteiger partial charge on any atom is 0.268 e. The van der Waals surface area contributed by atoms with Gasteiger partial charge in [-0.3, -0.25) is 4.57 Å². The predicted molar refractivity (Wildman–Crippen MR) is 314 cm³/mol. The molecule has 14 rings (SSSR count). The number of fused-ring (bicyclic) bond motifs is 7. The van der Waals surface area contributed by atoms with Crippen molar-refractivity contribution in [3.8, 4) is 67.8 Å². The van der Waals surface area contributed by atoms with E-state index in [0.29, 0.717) is 34.1 Å². The molecule has 0 saturated heterocycles. The molecular formula is C71H51N5OPt-2. The molecule has 0 bridgehead atoms. The molecule has 0 aliphatic carbocycles. The summed E-state index contributed by atoms with van der Waals surface area (Å²) in [6, 6.07) is 59.3. The summed E-state index contributed by atoms with van der Waals surface area (Å²) in [5.41, 5.74) is 9.52. The van der Waals surface area contributed by atoms with Crippen molar-refractivity contribution < 1.29 is 44.1 Å². The Morgan fingerprint density at radius 1 is 0.526 bits per heavy atom. The number of ether oxygens (including phenoxy) is 1. The Labute approximate surface area is 482 Å². The second-order valence-electron chi connectivity index (χ2n) is 19.0. The first-order valence-corrected chi connectivity index (χ1v) is 25.7. The van der Waals surface area contributed by atoms with Crippen molar-refractivity contribution in [1.82, 2.24) is 18.7 Å². The molecule has 0 saturated carbocycles. The van der Waals surface area contributed by atoms with Crippen LogP contribution in [-0.2, 0) is 21.1 Å². The Hall–Kier alpha value is -9.09. The van der Waals surface area contributed by atoms with E-state index in [0.717, 1.165) is 68.3 Å². The molecule has 10 aromatic carbocycles. The van der Waals surface area contributed by atoms with Gasteiger partial charge in [-0.2, -0.15) is 18.2 Å². The minimum atomic E-state index is -0.581. The van der Waals surface area contributed by atoms with Crippen LogP contribution in [0.5, 0.6) is 11.5 Å². The molecule has 78 heavy (non-hydrogen) atoms. The first-order valence-electron chi connectivity index (χ1n) is 30.7. The van der Waals surface area contributed by atoms with Gasteiger partial charge in [0.25, 0.3) is 6.33 Å². The molecule has 7 heteroatoms. The zero-order valence-electron chi connectivity index (χ0n) is 52.3. The normalized spacial score (nSPS) is 13.4. The Balaban J connectivity index is 0.00000714. The van der Waals surface area contributed by atoms with Crippen molar-refractivity contribution in [2.45, 2.75) is 32.6 Å². The van der Waals surface area contributed by atoms with E-state index >= 15 is 0 Å². The third kappa shape index (κ3) is 8.41. The van der Waals surface area contributed by atoms with Gasteiger partial charge in [0.05, 0.1) is 41.5 Å². The van der Waals surface area contributed by atoms with Crippen molar-refractivity contribution >= 4 is 54.6 Å². The minimum absolute atomic E-state index is 0. The fourth-order valence-electron chi connectivity index (χ4n) is 11.1. The van der Waals surface area contributed by atoms with Gasteiger partial charge in [0.2, 0.25) is 0 Å². The van der Waals surface area contributed by atoms with Crippen LogP contribution in [0.15, 0.2) is 243 Å². The average Bonchev–Trinajstić information content (AvgIpc) is 1.67. The van der Waals surface area contributed by atoms with E-state index in [-0.39, 0.29) is 49.0 Å². The van der Waals surface area contributed by atoms with Gasteiger partial charge in [-0.15, -0.1) is 29.7 Å². The SMILES string of the molecule is [2H]c1c([2H])c([2H])c(-c2cccc(-c3c([2H])c([2H])c([2H])c([2H])c3[2H])c2-[n+]2[c-]n(-c3[c-]c(Oc4[c-]c5c(cc4)c4cc(-n6c7ccccc7c7ccccc76)ccc4n5-c4cc(C(CC)CC)ccn4)ccc3)c3ccc(-c4ccccc4)cc32)c([2H])c1[2H].[Pt]. The monoisotopic (exact) mass is 1190 g/mol. The van der Waals surface area contributed by atoms with Gasteiger partial charge >= 0.3 is 0 Å². The van der Waals surface area contributed by atoms with E-state index in [1.54, 1.807) is 33.4 Å². The summed E-state index contributed by atoms with van der Waals surface area (Å²) in [7, 11) is 0. The van der Waals surface area contributed by atoms with E-state index < -0.39 is 60.4 Å². The maximum atomic E-state index is 9.22. The largest absolute Gasteiger partial charge is 0.510 e. The van der Waals surface area contributed by atoms with Crippen LogP contribution in [0.25, 0.3) is 111 Å². The zero-order chi connectivity index (χ0) is 60.1. The van der Waals surface area contributed by atoms with Crippen LogP contribution >= 0.6 is 0 Å². The number of hydrogen-bond donors (Lipinski definition) is 0. The average molecular weight is 1200 g/mol. The van der Waals surface area contributed by atoms with E-state index in [1.807, 2.05) is 72.9 Å². The molecule has 14 aromatic rings. The van der Waals surface area contributed by atoms with Crippen LogP contribution < -0.4 is 9.30 Å². The van der Waals surface area contributed by atoms with Gasteiger partial charge in [-0.1, -0.05) is 177 Å². The number of hydrogen-bond acceptors (Lipinski definition) is 2. The van der Waals surface area contributed by atoms with Gasteiger partial charge in [0.15, 0.2) is 0 Å². The van der Waals surface area contributed by atoms with Gasteiger partial charge < -0.3 is 18.4 Å². The van der Waals surface area contributed by atoms with Crippen molar-refractivity contribution in [3.05, 3.63) is 267 Å². The summed E-state index contributed by atoms with van der Waals surface area (Å²) >= 11 is 0. The van der Waals surface area contributed by atoms with Gasteiger partial charge in [-0.25, -0.2) is 4.98 Å². The summed E-state index contributed by atoms with van der Waals surface area (Å²) < 4.78 is 104. The minimum Gasteiger partial charge on any atom is -0.510 e. The number of benzene rings is 10. The summed E-state index contributed by atoms with van der Waals surface area (Å²) in [5.74, 6) is 1.87. The van der Waals surface area contributed by atoms with Gasteiger partial charge in [-0.05, 0) is 117 Å². The molecule has 0 aliphatic heterocycles. The van der Waals surface area contributed by atoms with Crippen molar-refractivity contribution in [3.63, 3.8) is 0 Å². The summed E-state index contributed by atoms with van der Waals surface area (Å²) in [5, 5.41) is 4.31. The molecule has 0 unspecified atom stereocenters. The smallest absolute Gasteiger partial charge is 0.268 e. The van der Waals surface area contributed by atoms with E-state index in [2.05, 4.69) is 126 Å². The summed E-state index contributed by atoms with van der Waals surface area (Å²) in [6.45, 7) is 4.42. The molecule has 6 nitrogen and oxygen atoms in total. The van der Waals surface area contributed by atoms with Crippen LogP contribution in [-0.4, -0.2) is 18.7 Å². The number of imidazole rings is 1. The number of nitrogens with zero attached hydrogens (tertiary/aromatic N) is 5. The predicted octanol–water partition coefficient (Wildman–Crippen LogP) is 17.6. The molecule has 0 atom stereocenters. The summed E-state index contributed by atoms with van der Waals surface area (Å²) in [6.07, 6.45) is 7.36. The third-order valence-electron chi connectivity index (χ3n) is 14.7. The molecular weight excluding hydrogens is 1130 g/mol. The Morgan fingerprint density at radius 2 is 1.17 bits per heavy atom. The number of pyridine rings is 1. The topological polar surface area (TPSA) is 40.8 Å². The Morgan fingerprint density at radius 3 is 1.87 bits per heavy atom. The number of aromatic nitrogens is 5. The van der Waals surface area contributed by atoms with E-state index in [4.69, 9.17) is 17.9 Å². The van der Waals surface area contributed by atoms with Crippen LogP contribution in [0.3, 0.4) is 0 Å². The second kappa shape index (κ2) is 20.5. The van der Waals surface area contributed by atoms with Crippen LogP contribution in [0, 0.1) is 18.5 Å². The van der Waals surface area contributed by atoms with Crippen molar-refractivity contribution in [1.29, 1.82) is 0 Å².